The molecule has 108 valence electrons. The van der Waals surface area contributed by atoms with Gasteiger partial charge in [-0.15, -0.1) is 10.2 Å². The molecule has 2 aromatic rings. The average Bonchev–Trinajstić information content (AvgIpc) is 2.92. The Hall–Kier alpha value is -1.40. The zero-order valence-electron chi connectivity index (χ0n) is 11.5. The molecule has 0 bridgehead atoms. The smallest absolute Gasteiger partial charge is 0.169 e. The summed E-state index contributed by atoms with van der Waals surface area (Å²) in [6.45, 7) is 5.03. The van der Waals surface area contributed by atoms with Gasteiger partial charge in [0.05, 0.1) is 11.6 Å². The van der Waals surface area contributed by atoms with Crippen molar-refractivity contribution in [3.63, 3.8) is 0 Å². The third kappa shape index (κ3) is 3.19. The molecule has 0 radical (unpaired) electrons. The Bertz CT molecular complexity index is 571. The molecule has 1 unspecified atom stereocenters. The van der Waals surface area contributed by atoms with E-state index in [1.807, 2.05) is 0 Å². The molecule has 6 heteroatoms. The number of hydrogen-bond donors (Lipinski definition) is 1. The highest BCUT2D eigenvalue weighted by Crippen LogP contribution is 2.30. The molecule has 0 fully saturated rings. The predicted molar refractivity (Wildman–Crippen MR) is 76.6 cm³/mol. The molecule has 1 heterocycles. The Balaban J connectivity index is 2.26. The van der Waals surface area contributed by atoms with E-state index in [-0.39, 0.29) is 11.6 Å². The van der Waals surface area contributed by atoms with Gasteiger partial charge in [-0.05, 0) is 31.5 Å². The summed E-state index contributed by atoms with van der Waals surface area (Å²) >= 11 is 1.30. The second-order valence-corrected chi connectivity index (χ2v) is 5.47. The molecule has 20 heavy (non-hydrogen) atoms. The zero-order chi connectivity index (χ0) is 14.5. The van der Waals surface area contributed by atoms with Gasteiger partial charge in [-0.2, -0.15) is 0 Å². The van der Waals surface area contributed by atoms with Crippen LogP contribution in [0.5, 0.6) is 0 Å². The molecule has 0 aliphatic rings. The van der Waals surface area contributed by atoms with E-state index < -0.39 is 11.6 Å². The van der Waals surface area contributed by atoms with Gasteiger partial charge in [0, 0.05) is 0 Å². The summed E-state index contributed by atoms with van der Waals surface area (Å²) in [7, 11) is 0. The minimum absolute atomic E-state index is 0.109. The van der Waals surface area contributed by atoms with Crippen molar-refractivity contribution in [2.24, 2.45) is 0 Å². The highest BCUT2D eigenvalue weighted by Gasteiger charge is 2.18. The maximum atomic E-state index is 13.7. The fourth-order valence-electron chi connectivity index (χ4n) is 1.88. The lowest BCUT2D eigenvalue weighted by Gasteiger charge is -2.12. The van der Waals surface area contributed by atoms with E-state index >= 15 is 0 Å². The molecule has 1 aromatic heterocycles. The van der Waals surface area contributed by atoms with Crippen LogP contribution in [-0.2, 0) is 0 Å². The Morgan fingerprint density at radius 3 is 2.75 bits per heavy atom. The first kappa shape index (κ1) is 15.0. The highest BCUT2D eigenvalue weighted by molar-refractivity contribution is 7.14. The van der Waals surface area contributed by atoms with Crippen LogP contribution in [0.3, 0.4) is 0 Å². The minimum Gasteiger partial charge on any atom is -0.308 e. The largest absolute Gasteiger partial charge is 0.308 e. The molecular weight excluding hydrogens is 280 g/mol. The van der Waals surface area contributed by atoms with E-state index in [2.05, 4.69) is 29.4 Å². The number of halogens is 2. The summed E-state index contributed by atoms with van der Waals surface area (Å²) in [5.74, 6) is -1.74. The van der Waals surface area contributed by atoms with Crippen LogP contribution in [0.15, 0.2) is 18.2 Å². The van der Waals surface area contributed by atoms with Crippen molar-refractivity contribution in [2.75, 3.05) is 6.54 Å². The monoisotopic (exact) mass is 297 g/mol. The van der Waals surface area contributed by atoms with Gasteiger partial charge in [0.25, 0.3) is 0 Å². The topological polar surface area (TPSA) is 37.8 Å². The summed E-state index contributed by atoms with van der Waals surface area (Å²) in [6, 6.07) is 4.20. The van der Waals surface area contributed by atoms with E-state index in [1.165, 1.54) is 23.5 Å². The van der Waals surface area contributed by atoms with Crippen molar-refractivity contribution < 1.29 is 8.78 Å². The van der Waals surface area contributed by atoms with Crippen LogP contribution < -0.4 is 5.32 Å². The molecule has 1 N–H and O–H groups in total. The Labute approximate surface area is 121 Å². The lowest BCUT2D eigenvalue weighted by atomic mass is 10.2. The quantitative estimate of drug-likeness (QED) is 0.877. The van der Waals surface area contributed by atoms with Gasteiger partial charge < -0.3 is 5.32 Å². The molecule has 0 aliphatic heterocycles. The van der Waals surface area contributed by atoms with Crippen LogP contribution in [0, 0.1) is 11.6 Å². The van der Waals surface area contributed by atoms with Gasteiger partial charge >= 0.3 is 0 Å². The van der Waals surface area contributed by atoms with Crippen LogP contribution in [0.25, 0.3) is 10.6 Å². The van der Waals surface area contributed by atoms with Gasteiger partial charge in [0.2, 0.25) is 0 Å². The van der Waals surface area contributed by atoms with Crippen LogP contribution in [0.1, 0.15) is 37.7 Å². The fourth-order valence-corrected chi connectivity index (χ4v) is 2.90. The first-order valence-corrected chi connectivity index (χ1v) is 7.50. The summed E-state index contributed by atoms with van der Waals surface area (Å²) in [5, 5.41) is 12.7. The molecule has 3 nitrogen and oxygen atoms in total. The SMILES string of the molecule is CCCNC(CC)c1nnc(-c2cccc(F)c2F)s1. The fraction of sp³-hybridized carbons (Fsp3) is 0.429. The second-order valence-electron chi connectivity index (χ2n) is 4.46. The van der Waals surface area contributed by atoms with Gasteiger partial charge in [-0.25, -0.2) is 8.78 Å². The van der Waals surface area contributed by atoms with Crippen molar-refractivity contribution in [2.45, 2.75) is 32.7 Å². The molecule has 2 rings (SSSR count). The van der Waals surface area contributed by atoms with Crippen LogP contribution >= 0.6 is 11.3 Å². The number of nitrogens with zero attached hydrogens (tertiary/aromatic N) is 2. The van der Waals surface area contributed by atoms with Crippen LogP contribution in [0.2, 0.25) is 0 Å². The standard InChI is InChI=1S/C14H17F2N3S/c1-3-8-17-11(4-2)14-19-18-13(20-14)9-6-5-7-10(15)12(9)16/h5-7,11,17H,3-4,8H2,1-2H3. The average molecular weight is 297 g/mol. The molecule has 0 spiro atoms. The maximum absolute atomic E-state index is 13.7. The normalized spacial score (nSPS) is 12.6. The highest BCUT2D eigenvalue weighted by atomic mass is 32.1. The number of benzene rings is 1. The first-order valence-electron chi connectivity index (χ1n) is 6.68. The Morgan fingerprint density at radius 1 is 1.25 bits per heavy atom. The number of hydrogen-bond acceptors (Lipinski definition) is 4. The van der Waals surface area contributed by atoms with Crippen molar-refractivity contribution in [3.8, 4) is 10.6 Å². The van der Waals surface area contributed by atoms with E-state index in [4.69, 9.17) is 0 Å². The maximum Gasteiger partial charge on any atom is 0.169 e. The lowest BCUT2D eigenvalue weighted by Crippen LogP contribution is -2.21. The summed E-state index contributed by atoms with van der Waals surface area (Å²) < 4.78 is 27.0. The van der Waals surface area contributed by atoms with Crippen LogP contribution in [-0.4, -0.2) is 16.7 Å². The summed E-state index contributed by atoms with van der Waals surface area (Å²) in [4.78, 5) is 0. The van der Waals surface area contributed by atoms with Gasteiger partial charge in [-0.3, -0.25) is 0 Å². The van der Waals surface area contributed by atoms with Crippen molar-refractivity contribution >= 4 is 11.3 Å². The second kappa shape index (κ2) is 6.85. The van der Waals surface area contributed by atoms with Gasteiger partial charge in [-0.1, -0.05) is 31.3 Å². The van der Waals surface area contributed by atoms with E-state index in [1.54, 1.807) is 0 Å². The third-order valence-electron chi connectivity index (χ3n) is 2.97. The molecule has 1 aromatic carbocycles. The molecule has 1 atom stereocenters. The van der Waals surface area contributed by atoms with E-state index in [9.17, 15) is 8.78 Å². The molecule has 0 saturated heterocycles. The zero-order valence-corrected chi connectivity index (χ0v) is 12.3. The van der Waals surface area contributed by atoms with Crippen molar-refractivity contribution in [1.82, 2.24) is 15.5 Å². The summed E-state index contributed by atoms with van der Waals surface area (Å²) in [5.41, 5.74) is 0.166. The minimum atomic E-state index is -0.871. The summed E-state index contributed by atoms with van der Waals surface area (Å²) in [6.07, 6.45) is 1.90. The Morgan fingerprint density at radius 2 is 2.05 bits per heavy atom. The molecule has 0 saturated carbocycles. The number of rotatable bonds is 6. The van der Waals surface area contributed by atoms with Crippen LogP contribution in [0.4, 0.5) is 8.78 Å². The molecular formula is C14H17F2N3S. The van der Waals surface area contributed by atoms with Gasteiger partial charge in [0.15, 0.2) is 16.6 Å². The number of nitrogens with one attached hydrogen (secondary N) is 1. The molecule has 0 aliphatic carbocycles. The first-order chi connectivity index (χ1) is 9.67. The van der Waals surface area contributed by atoms with Crippen molar-refractivity contribution in [1.29, 1.82) is 0 Å². The lowest BCUT2D eigenvalue weighted by molar-refractivity contribution is 0.510. The van der Waals surface area contributed by atoms with E-state index in [0.717, 1.165) is 30.5 Å². The Kier molecular flexibility index (Phi) is 5.14. The number of aromatic nitrogens is 2. The third-order valence-corrected chi connectivity index (χ3v) is 4.04. The molecule has 0 amide bonds. The predicted octanol–water partition coefficient (Wildman–Crippen LogP) is 3.93. The van der Waals surface area contributed by atoms with E-state index in [0.29, 0.717) is 5.01 Å². The van der Waals surface area contributed by atoms with Gasteiger partial charge in [0.1, 0.15) is 5.01 Å². The van der Waals surface area contributed by atoms with Crippen molar-refractivity contribution in [3.05, 3.63) is 34.8 Å².